The summed E-state index contributed by atoms with van der Waals surface area (Å²) >= 11 is 0. The number of rotatable bonds is 4. The standard InChI is InChI=1S/C10H16N2O2/c1-7-3-5-12-6-8(7)10(14)9(13)2-4-11/h3,5-6,9-10,13-14H,2,4,11H2,1H3. The lowest BCUT2D eigenvalue weighted by molar-refractivity contribution is 0.0144. The molecule has 0 saturated carbocycles. The monoisotopic (exact) mass is 196 g/mol. The van der Waals surface area contributed by atoms with E-state index in [1.54, 1.807) is 18.5 Å². The normalized spacial score (nSPS) is 15.1. The first kappa shape index (κ1) is 11.1. The van der Waals surface area contributed by atoms with Crippen molar-refractivity contribution in [2.45, 2.75) is 25.6 Å². The molecule has 4 heteroatoms. The van der Waals surface area contributed by atoms with E-state index in [0.717, 1.165) is 5.56 Å². The molecular weight excluding hydrogens is 180 g/mol. The molecule has 0 saturated heterocycles. The molecule has 1 aromatic rings. The van der Waals surface area contributed by atoms with Gasteiger partial charge in [-0.05, 0) is 31.5 Å². The second kappa shape index (κ2) is 5.05. The number of nitrogens with zero attached hydrogens (tertiary/aromatic N) is 1. The molecule has 2 atom stereocenters. The van der Waals surface area contributed by atoms with Gasteiger partial charge in [0.05, 0.1) is 6.10 Å². The Hall–Kier alpha value is -0.970. The third-order valence-corrected chi connectivity index (χ3v) is 2.23. The average Bonchev–Trinajstić information content (AvgIpc) is 2.18. The van der Waals surface area contributed by atoms with Gasteiger partial charge < -0.3 is 15.9 Å². The van der Waals surface area contributed by atoms with Crippen LogP contribution in [0.3, 0.4) is 0 Å². The second-order valence-electron chi connectivity index (χ2n) is 3.32. The summed E-state index contributed by atoms with van der Waals surface area (Å²) in [4.78, 5) is 3.91. The molecule has 0 fully saturated rings. The number of aliphatic hydroxyl groups excluding tert-OH is 2. The van der Waals surface area contributed by atoms with Gasteiger partial charge in [-0.1, -0.05) is 0 Å². The van der Waals surface area contributed by atoms with Crippen LogP contribution < -0.4 is 5.73 Å². The van der Waals surface area contributed by atoms with Crippen molar-refractivity contribution in [1.82, 2.24) is 4.98 Å². The smallest absolute Gasteiger partial charge is 0.107 e. The largest absolute Gasteiger partial charge is 0.390 e. The van der Waals surface area contributed by atoms with Gasteiger partial charge in [-0.3, -0.25) is 4.98 Å². The molecule has 4 nitrogen and oxygen atoms in total. The lowest BCUT2D eigenvalue weighted by atomic mass is 10.0. The molecule has 2 unspecified atom stereocenters. The average molecular weight is 196 g/mol. The summed E-state index contributed by atoms with van der Waals surface area (Å²) in [6.45, 7) is 2.23. The summed E-state index contributed by atoms with van der Waals surface area (Å²) in [7, 11) is 0. The van der Waals surface area contributed by atoms with Crippen molar-refractivity contribution in [3.8, 4) is 0 Å². The first-order valence-corrected chi connectivity index (χ1v) is 4.63. The molecule has 4 N–H and O–H groups in total. The molecule has 0 aliphatic rings. The fraction of sp³-hybridized carbons (Fsp3) is 0.500. The topological polar surface area (TPSA) is 79.4 Å². The van der Waals surface area contributed by atoms with Crippen LogP contribution in [0.1, 0.15) is 23.7 Å². The Bertz CT molecular complexity index is 291. The van der Waals surface area contributed by atoms with Crippen LogP contribution in [0.25, 0.3) is 0 Å². The highest BCUT2D eigenvalue weighted by Crippen LogP contribution is 2.20. The van der Waals surface area contributed by atoms with Gasteiger partial charge in [0.25, 0.3) is 0 Å². The number of hydrogen-bond acceptors (Lipinski definition) is 4. The maximum atomic E-state index is 9.76. The fourth-order valence-corrected chi connectivity index (χ4v) is 1.32. The number of aryl methyl sites for hydroxylation is 1. The highest BCUT2D eigenvalue weighted by atomic mass is 16.3. The predicted octanol–water partition coefficient (Wildman–Crippen LogP) is 0.133. The Kier molecular flexibility index (Phi) is 4.00. The van der Waals surface area contributed by atoms with E-state index < -0.39 is 12.2 Å². The number of aromatic nitrogens is 1. The fourth-order valence-electron chi connectivity index (χ4n) is 1.32. The van der Waals surface area contributed by atoms with Gasteiger partial charge in [-0.2, -0.15) is 0 Å². The van der Waals surface area contributed by atoms with Gasteiger partial charge in [0, 0.05) is 18.0 Å². The Balaban J connectivity index is 2.78. The van der Waals surface area contributed by atoms with Gasteiger partial charge in [0.2, 0.25) is 0 Å². The summed E-state index contributed by atoms with van der Waals surface area (Å²) in [6.07, 6.45) is 1.89. The summed E-state index contributed by atoms with van der Waals surface area (Å²) in [5, 5.41) is 19.3. The summed E-state index contributed by atoms with van der Waals surface area (Å²) in [6, 6.07) is 1.80. The molecule has 1 aromatic heterocycles. The van der Waals surface area contributed by atoms with Crippen molar-refractivity contribution >= 4 is 0 Å². The van der Waals surface area contributed by atoms with E-state index in [2.05, 4.69) is 4.98 Å². The molecular formula is C10H16N2O2. The Morgan fingerprint density at radius 1 is 1.50 bits per heavy atom. The van der Waals surface area contributed by atoms with Crippen LogP contribution in [0, 0.1) is 6.92 Å². The van der Waals surface area contributed by atoms with Gasteiger partial charge in [-0.15, -0.1) is 0 Å². The Morgan fingerprint density at radius 2 is 2.21 bits per heavy atom. The minimum atomic E-state index is -0.896. The summed E-state index contributed by atoms with van der Waals surface area (Å²) < 4.78 is 0. The van der Waals surface area contributed by atoms with E-state index in [-0.39, 0.29) is 0 Å². The first-order valence-electron chi connectivity index (χ1n) is 4.63. The minimum absolute atomic E-state index is 0.359. The SMILES string of the molecule is Cc1ccncc1C(O)C(O)CCN. The highest BCUT2D eigenvalue weighted by molar-refractivity contribution is 5.24. The molecule has 78 valence electrons. The quantitative estimate of drug-likeness (QED) is 0.639. The molecule has 0 spiro atoms. The Labute approximate surface area is 83.4 Å². The van der Waals surface area contributed by atoms with Crippen molar-refractivity contribution in [3.05, 3.63) is 29.6 Å². The van der Waals surface area contributed by atoms with Gasteiger partial charge in [0.1, 0.15) is 6.10 Å². The number of hydrogen-bond donors (Lipinski definition) is 3. The second-order valence-corrected chi connectivity index (χ2v) is 3.32. The van der Waals surface area contributed by atoms with Crippen molar-refractivity contribution in [2.24, 2.45) is 5.73 Å². The number of nitrogens with two attached hydrogens (primary N) is 1. The van der Waals surface area contributed by atoms with Crippen LogP contribution in [0.4, 0.5) is 0 Å². The van der Waals surface area contributed by atoms with Gasteiger partial charge in [0.15, 0.2) is 0 Å². The third kappa shape index (κ3) is 2.51. The van der Waals surface area contributed by atoms with Gasteiger partial charge >= 0.3 is 0 Å². The molecule has 1 heterocycles. The first-order chi connectivity index (χ1) is 6.66. The molecule has 0 aliphatic heterocycles. The highest BCUT2D eigenvalue weighted by Gasteiger charge is 2.18. The van der Waals surface area contributed by atoms with Crippen LogP contribution in [-0.2, 0) is 0 Å². The summed E-state index contributed by atoms with van der Waals surface area (Å²) in [5.41, 5.74) is 6.88. The zero-order chi connectivity index (χ0) is 10.6. The van der Waals surface area contributed by atoms with Crippen LogP contribution in [0.15, 0.2) is 18.5 Å². The van der Waals surface area contributed by atoms with E-state index >= 15 is 0 Å². The third-order valence-electron chi connectivity index (χ3n) is 2.23. The lowest BCUT2D eigenvalue weighted by Gasteiger charge is -2.18. The van der Waals surface area contributed by atoms with Crippen LogP contribution >= 0.6 is 0 Å². The van der Waals surface area contributed by atoms with E-state index in [9.17, 15) is 10.2 Å². The van der Waals surface area contributed by atoms with Crippen molar-refractivity contribution < 1.29 is 10.2 Å². The van der Waals surface area contributed by atoms with E-state index in [4.69, 9.17) is 5.73 Å². The zero-order valence-electron chi connectivity index (χ0n) is 8.22. The van der Waals surface area contributed by atoms with Gasteiger partial charge in [-0.25, -0.2) is 0 Å². The van der Waals surface area contributed by atoms with Crippen LogP contribution in [0.2, 0.25) is 0 Å². The lowest BCUT2D eigenvalue weighted by Crippen LogP contribution is -2.22. The van der Waals surface area contributed by atoms with E-state index in [1.807, 2.05) is 6.92 Å². The zero-order valence-corrected chi connectivity index (χ0v) is 8.22. The number of aliphatic hydroxyl groups is 2. The molecule has 0 bridgehead atoms. The molecule has 0 amide bonds. The maximum Gasteiger partial charge on any atom is 0.107 e. The van der Waals surface area contributed by atoms with Crippen LogP contribution in [0.5, 0.6) is 0 Å². The molecule has 0 aromatic carbocycles. The molecule has 14 heavy (non-hydrogen) atoms. The van der Waals surface area contributed by atoms with Crippen molar-refractivity contribution in [2.75, 3.05) is 6.54 Å². The minimum Gasteiger partial charge on any atom is -0.390 e. The van der Waals surface area contributed by atoms with Crippen molar-refractivity contribution in [1.29, 1.82) is 0 Å². The Morgan fingerprint density at radius 3 is 2.79 bits per heavy atom. The predicted molar refractivity (Wildman–Crippen MR) is 53.6 cm³/mol. The van der Waals surface area contributed by atoms with E-state index in [1.165, 1.54) is 0 Å². The molecule has 0 radical (unpaired) electrons. The maximum absolute atomic E-state index is 9.76. The molecule has 0 aliphatic carbocycles. The van der Waals surface area contributed by atoms with E-state index in [0.29, 0.717) is 18.5 Å². The summed E-state index contributed by atoms with van der Waals surface area (Å²) in [5.74, 6) is 0. The van der Waals surface area contributed by atoms with Crippen molar-refractivity contribution in [3.63, 3.8) is 0 Å². The molecule has 1 rings (SSSR count). The number of pyridine rings is 1. The van der Waals surface area contributed by atoms with Crippen LogP contribution in [-0.4, -0.2) is 27.8 Å².